The van der Waals surface area contributed by atoms with Gasteiger partial charge in [0.2, 0.25) is 0 Å². The fourth-order valence-electron chi connectivity index (χ4n) is 3.23. The highest BCUT2D eigenvalue weighted by molar-refractivity contribution is 5.85. The summed E-state index contributed by atoms with van der Waals surface area (Å²) in [5.74, 6) is 0.636. The maximum absolute atomic E-state index is 4.96. The van der Waals surface area contributed by atoms with Crippen LogP contribution in [0.3, 0.4) is 0 Å². The molecule has 0 saturated heterocycles. The topological polar surface area (TPSA) is 12.9 Å². The van der Waals surface area contributed by atoms with Gasteiger partial charge in [-0.25, -0.2) is 4.98 Å². The van der Waals surface area contributed by atoms with Crippen molar-refractivity contribution in [2.45, 2.75) is 40.5 Å². The van der Waals surface area contributed by atoms with Crippen LogP contribution < -0.4 is 0 Å². The van der Waals surface area contributed by atoms with Gasteiger partial charge in [0.15, 0.2) is 0 Å². The molecule has 0 spiro atoms. The van der Waals surface area contributed by atoms with Crippen molar-refractivity contribution in [3.05, 3.63) is 65.2 Å². The van der Waals surface area contributed by atoms with Crippen molar-refractivity contribution in [2.75, 3.05) is 0 Å². The van der Waals surface area contributed by atoms with E-state index in [-0.39, 0.29) is 0 Å². The molecule has 0 saturated carbocycles. The normalized spacial score (nSPS) is 11.3. The van der Waals surface area contributed by atoms with Gasteiger partial charge in [0.25, 0.3) is 0 Å². The second kappa shape index (κ2) is 6.54. The fraction of sp³-hybridized carbons (Fsp3) is 0.318. The smallest absolute Gasteiger partial charge is 0.0715 e. The molecule has 3 rings (SSSR count). The quantitative estimate of drug-likeness (QED) is 0.578. The Morgan fingerprint density at radius 2 is 1.74 bits per heavy atom. The SMILES string of the molecule is CCc1ccc(C)cc1-c1cc(CC(C)C)c2ccccc2n1. The van der Waals surface area contributed by atoms with E-state index in [0.717, 1.165) is 24.1 Å². The second-order valence-corrected chi connectivity index (χ2v) is 6.80. The highest BCUT2D eigenvalue weighted by atomic mass is 14.7. The molecule has 0 fully saturated rings. The molecule has 0 aliphatic heterocycles. The molecule has 0 aliphatic rings. The van der Waals surface area contributed by atoms with Gasteiger partial charge in [-0.2, -0.15) is 0 Å². The molecule has 1 heteroatoms. The number of fused-ring (bicyclic) bond motifs is 1. The van der Waals surface area contributed by atoms with E-state index in [1.54, 1.807) is 0 Å². The molecule has 1 aromatic heterocycles. The molecule has 0 unspecified atom stereocenters. The van der Waals surface area contributed by atoms with Crippen LogP contribution in [-0.4, -0.2) is 4.98 Å². The summed E-state index contributed by atoms with van der Waals surface area (Å²) in [5.41, 5.74) is 7.56. The number of aryl methyl sites for hydroxylation is 2. The van der Waals surface area contributed by atoms with Crippen molar-refractivity contribution in [1.82, 2.24) is 4.98 Å². The minimum Gasteiger partial charge on any atom is -0.248 e. The first-order valence-corrected chi connectivity index (χ1v) is 8.57. The minimum atomic E-state index is 0.636. The average molecular weight is 303 g/mol. The van der Waals surface area contributed by atoms with E-state index in [4.69, 9.17) is 4.98 Å². The van der Waals surface area contributed by atoms with Gasteiger partial charge >= 0.3 is 0 Å². The summed E-state index contributed by atoms with van der Waals surface area (Å²) in [5, 5.41) is 1.29. The number of pyridine rings is 1. The number of benzene rings is 2. The second-order valence-electron chi connectivity index (χ2n) is 6.80. The number of aromatic nitrogens is 1. The first-order chi connectivity index (χ1) is 11.1. The number of nitrogens with zero attached hydrogens (tertiary/aromatic N) is 1. The number of rotatable bonds is 4. The summed E-state index contributed by atoms with van der Waals surface area (Å²) in [6.07, 6.45) is 2.12. The van der Waals surface area contributed by atoms with Crippen LogP contribution in [-0.2, 0) is 12.8 Å². The molecule has 0 amide bonds. The van der Waals surface area contributed by atoms with Crippen LogP contribution in [0.1, 0.15) is 37.5 Å². The van der Waals surface area contributed by atoms with Crippen molar-refractivity contribution < 1.29 is 0 Å². The Morgan fingerprint density at radius 1 is 0.957 bits per heavy atom. The summed E-state index contributed by atoms with van der Waals surface area (Å²) in [4.78, 5) is 4.96. The van der Waals surface area contributed by atoms with Crippen LogP contribution in [0.4, 0.5) is 0 Å². The Hall–Kier alpha value is -2.15. The molecule has 0 radical (unpaired) electrons. The van der Waals surface area contributed by atoms with Gasteiger partial charge in [0.1, 0.15) is 0 Å². The van der Waals surface area contributed by atoms with Gasteiger partial charge in [-0.3, -0.25) is 0 Å². The van der Waals surface area contributed by atoms with E-state index in [0.29, 0.717) is 5.92 Å². The molecule has 0 bridgehead atoms. The maximum Gasteiger partial charge on any atom is 0.0715 e. The van der Waals surface area contributed by atoms with E-state index in [1.807, 2.05) is 0 Å². The van der Waals surface area contributed by atoms with Gasteiger partial charge in [-0.15, -0.1) is 0 Å². The highest BCUT2D eigenvalue weighted by Crippen LogP contribution is 2.29. The molecular formula is C22H25N. The van der Waals surface area contributed by atoms with E-state index >= 15 is 0 Å². The van der Waals surface area contributed by atoms with Crippen LogP contribution >= 0.6 is 0 Å². The van der Waals surface area contributed by atoms with Crippen molar-refractivity contribution >= 4 is 10.9 Å². The Kier molecular flexibility index (Phi) is 4.47. The monoisotopic (exact) mass is 303 g/mol. The van der Waals surface area contributed by atoms with Crippen molar-refractivity contribution in [1.29, 1.82) is 0 Å². The molecule has 0 N–H and O–H groups in total. The average Bonchev–Trinajstić information content (AvgIpc) is 2.54. The van der Waals surface area contributed by atoms with Crippen LogP contribution in [0.25, 0.3) is 22.2 Å². The Balaban J connectivity index is 2.24. The standard InChI is InChI=1S/C22H25N/c1-5-17-11-10-16(4)13-20(17)22-14-18(12-15(2)3)19-8-6-7-9-21(19)23-22/h6-11,13-15H,5,12H2,1-4H3. The third-order valence-electron chi connectivity index (χ3n) is 4.35. The van der Waals surface area contributed by atoms with Gasteiger partial charge in [-0.05, 0) is 55.0 Å². The minimum absolute atomic E-state index is 0.636. The maximum atomic E-state index is 4.96. The molecule has 118 valence electrons. The van der Waals surface area contributed by atoms with Gasteiger partial charge in [-0.1, -0.05) is 56.7 Å². The predicted octanol–water partition coefficient (Wildman–Crippen LogP) is 5.97. The van der Waals surface area contributed by atoms with Crippen LogP contribution in [0.15, 0.2) is 48.5 Å². The lowest BCUT2D eigenvalue weighted by molar-refractivity contribution is 0.650. The van der Waals surface area contributed by atoms with E-state index < -0.39 is 0 Å². The third kappa shape index (κ3) is 3.29. The van der Waals surface area contributed by atoms with E-state index in [1.165, 1.54) is 27.6 Å². The molecule has 0 atom stereocenters. The molecule has 1 heterocycles. The van der Waals surface area contributed by atoms with E-state index in [9.17, 15) is 0 Å². The summed E-state index contributed by atoms with van der Waals surface area (Å²) in [6.45, 7) is 8.92. The van der Waals surface area contributed by atoms with Crippen LogP contribution in [0.2, 0.25) is 0 Å². The van der Waals surface area contributed by atoms with Gasteiger partial charge in [0, 0.05) is 10.9 Å². The van der Waals surface area contributed by atoms with Crippen LogP contribution in [0, 0.1) is 12.8 Å². The third-order valence-corrected chi connectivity index (χ3v) is 4.35. The number of hydrogen-bond donors (Lipinski definition) is 0. The summed E-state index contributed by atoms with van der Waals surface area (Å²) >= 11 is 0. The molecule has 2 aromatic carbocycles. The van der Waals surface area contributed by atoms with Gasteiger partial charge < -0.3 is 0 Å². The van der Waals surface area contributed by atoms with Crippen LogP contribution in [0.5, 0.6) is 0 Å². The molecule has 23 heavy (non-hydrogen) atoms. The number of hydrogen-bond acceptors (Lipinski definition) is 1. The number of para-hydroxylation sites is 1. The fourth-order valence-corrected chi connectivity index (χ4v) is 3.23. The largest absolute Gasteiger partial charge is 0.248 e. The van der Waals surface area contributed by atoms with Gasteiger partial charge in [0.05, 0.1) is 11.2 Å². The highest BCUT2D eigenvalue weighted by Gasteiger charge is 2.11. The lowest BCUT2D eigenvalue weighted by atomic mass is 9.94. The summed E-state index contributed by atoms with van der Waals surface area (Å²) < 4.78 is 0. The zero-order chi connectivity index (χ0) is 16.4. The molecule has 0 aliphatic carbocycles. The molecule has 1 nitrogen and oxygen atoms in total. The summed E-state index contributed by atoms with van der Waals surface area (Å²) in [6, 6.07) is 17.5. The van der Waals surface area contributed by atoms with Crippen molar-refractivity contribution in [2.24, 2.45) is 5.92 Å². The summed E-state index contributed by atoms with van der Waals surface area (Å²) in [7, 11) is 0. The Bertz CT molecular complexity index is 830. The molecular weight excluding hydrogens is 278 g/mol. The zero-order valence-corrected chi connectivity index (χ0v) is 14.6. The Labute approximate surface area is 139 Å². The predicted molar refractivity (Wildman–Crippen MR) is 99.8 cm³/mol. The van der Waals surface area contributed by atoms with Crippen molar-refractivity contribution in [3.63, 3.8) is 0 Å². The van der Waals surface area contributed by atoms with Crippen molar-refractivity contribution in [3.8, 4) is 11.3 Å². The Morgan fingerprint density at radius 3 is 2.48 bits per heavy atom. The lowest BCUT2D eigenvalue weighted by Crippen LogP contribution is -1.99. The zero-order valence-electron chi connectivity index (χ0n) is 14.6. The van der Waals surface area contributed by atoms with E-state index in [2.05, 4.69) is 76.2 Å². The molecule has 3 aromatic rings. The first-order valence-electron chi connectivity index (χ1n) is 8.57. The lowest BCUT2D eigenvalue weighted by Gasteiger charge is -2.14. The first kappa shape index (κ1) is 15.7.